The van der Waals surface area contributed by atoms with Gasteiger partial charge in [-0.2, -0.15) is 4.68 Å². The van der Waals surface area contributed by atoms with Crippen molar-refractivity contribution in [3.8, 4) is 17.1 Å². The van der Waals surface area contributed by atoms with Gasteiger partial charge in [-0.05, 0) is 59.3 Å². The van der Waals surface area contributed by atoms with Crippen molar-refractivity contribution in [1.29, 1.82) is 0 Å². The third-order valence-electron chi connectivity index (χ3n) is 3.19. The zero-order chi connectivity index (χ0) is 15.0. The Morgan fingerprint density at radius 2 is 1.90 bits per heavy atom. The molecule has 0 fully saturated rings. The number of nitrogens with two attached hydrogens (primary N) is 1. The fourth-order valence-corrected chi connectivity index (χ4v) is 2.52. The predicted molar refractivity (Wildman–Crippen MR) is 81.4 cm³/mol. The van der Waals surface area contributed by atoms with Gasteiger partial charge in [0.2, 0.25) is 0 Å². The average molecular weight is 348 g/mol. The van der Waals surface area contributed by atoms with Gasteiger partial charge in [-0.1, -0.05) is 15.9 Å². The molecule has 1 aromatic heterocycles. The molecule has 0 atom stereocenters. The second kappa shape index (κ2) is 5.25. The zero-order valence-corrected chi connectivity index (χ0v) is 12.7. The Morgan fingerprint density at radius 3 is 2.62 bits per heavy atom. The lowest BCUT2D eigenvalue weighted by atomic mass is 10.1. The second-order valence-electron chi connectivity index (χ2n) is 4.56. The maximum absolute atomic E-state index is 13.0. The quantitative estimate of drug-likeness (QED) is 0.723. The molecule has 0 unspecified atom stereocenters. The first-order valence-electron chi connectivity index (χ1n) is 6.16. The summed E-state index contributed by atoms with van der Waals surface area (Å²) in [5, 5.41) is 11.7. The fraction of sp³-hybridized carbons (Fsp3) is 0.0714. The first kappa shape index (κ1) is 13.7. The molecule has 2 N–H and O–H groups in total. The number of nitrogen functional groups attached to an aromatic ring is 1. The maximum Gasteiger partial charge on any atom is 0.187 e. The minimum Gasteiger partial charge on any atom is -0.398 e. The summed E-state index contributed by atoms with van der Waals surface area (Å²) in [5.41, 5.74) is 9.00. The molecular formula is C14H11BrFN5. The van der Waals surface area contributed by atoms with Crippen LogP contribution in [-0.4, -0.2) is 20.2 Å². The number of benzene rings is 2. The Hall–Kier alpha value is -2.28. The van der Waals surface area contributed by atoms with Crippen molar-refractivity contribution in [3.63, 3.8) is 0 Å². The van der Waals surface area contributed by atoms with Crippen molar-refractivity contribution in [3.05, 3.63) is 52.3 Å². The average Bonchev–Trinajstić information content (AvgIpc) is 2.93. The number of halogens is 2. The molecule has 0 aliphatic rings. The highest BCUT2D eigenvalue weighted by atomic mass is 79.9. The van der Waals surface area contributed by atoms with E-state index in [-0.39, 0.29) is 5.82 Å². The number of anilines is 1. The van der Waals surface area contributed by atoms with Crippen LogP contribution < -0.4 is 5.73 Å². The molecule has 3 rings (SSSR count). The second-order valence-corrected chi connectivity index (χ2v) is 5.47. The molecule has 0 radical (unpaired) electrons. The summed E-state index contributed by atoms with van der Waals surface area (Å²) in [7, 11) is 0. The van der Waals surface area contributed by atoms with Crippen molar-refractivity contribution in [2.45, 2.75) is 6.92 Å². The monoisotopic (exact) mass is 347 g/mol. The van der Waals surface area contributed by atoms with Crippen molar-refractivity contribution in [1.82, 2.24) is 20.2 Å². The van der Waals surface area contributed by atoms with Crippen LogP contribution in [0, 0.1) is 12.7 Å². The Morgan fingerprint density at radius 1 is 1.19 bits per heavy atom. The van der Waals surface area contributed by atoms with Gasteiger partial charge in [0.15, 0.2) is 5.82 Å². The van der Waals surface area contributed by atoms with Crippen LogP contribution in [0.25, 0.3) is 17.1 Å². The summed E-state index contributed by atoms with van der Waals surface area (Å²) >= 11 is 3.42. The number of rotatable bonds is 2. The number of aromatic nitrogens is 4. The third-order valence-corrected chi connectivity index (χ3v) is 3.65. The van der Waals surface area contributed by atoms with Crippen LogP contribution in [0.4, 0.5) is 10.1 Å². The van der Waals surface area contributed by atoms with E-state index in [1.54, 1.807) is 16.8 Å². The highest BCUT2D eigenvalue weighted by molar-refractivity contribution is 9.10. The van der Waals surface area contributed by atoms with Gasteiger partial charge in [0.25, 0.3) is 0 Å². The van der Waals surface area contributed by atoms with Crippen LogP contribution in [-0.2, 0) is 0 Å². The minimum atomic E-state index is -0.309. The molecule has 7 heteroatoms. The van der Waals surface area contributed by atoms with E-state index in [0.29, 0.717) is 17.2 Å². The fourth-order valence-electron chi connectivity index (χ4n) is 2.04. The lowest BCUT2D eigenvalue weighted by molar-refractivity contribution is 0.627. The summed E-state index contributed by atoms with van der Waals surface area (Å²) in [6.07, 6.45) is 0. The van der Waals surface area contributed by atoms with Crippen LogP contribution in [0.5, 0.6) is 0 Å². The lowest BCUT2D eigenvalue weighted by Gasteiger charge is -2.10. The molecule has 0 amide bonds. The van der Waals surface area contributed by atoms with Gasteiger partial charge in [-0.3, -0.25) is 0 Å². The summed E-state index contributed by atoms with van der Waals surface area (Å²) in [5.74, 6) is 0.239. The van der Waals surface area contributed by atoms with E-state index in [2.05, 4.69) is 31.5 Å². The molecule has 106 valence electrons. The first-order chi connectivity index (χ1) is 10.1. The summed E-state index contributed by atoms with van der Waals surface area (Å²) in [4.78, 5) is 0. The minimum absolute atomic E-state index is 0.309. The largest absolute Gasteiger partial charge is 0.398 e. The SMILES string of the molecule is Cc1c(N)cc(Br)cc1-c1nnnn1-c1ccc(F)cc1. The Kier molecular flexibility index (Phi) is 3.42. The first-order valence-corrected chi connectivity index (χ1v) is 6.96. The summed E-state index contributed by atoms with van der Waals surface area (Å²) in [6, 6.07) is 9.69. The number of tetrazole rings is 1. The van der Waals surface area contributed by atoms with Crippen LogP contribution >= 0.6 is 15.9 Å². The third kappa shape index (κ3) is 2.52. The van der Waals surface area contributed by atoms with E-state index in [4.69, 9.17) is 5.73 Å². The van der Waals surface area contributed by atoms with Crippen molar-refractivity contribution >= 4 is 21.6 Å². The van der Waals surface area contributed by atoms with E-state index in [1.165, 1.54) is 12.1 Å². The van der Waals surface area contributed by atoms with Gasteiger partial charge in [-0.25, -0.2) is 4.39 Å². The number of hydrogen-bond acceptors (Lipinski definition) is 4. The number of hydrogen-bond donors (Lipinski definition) is 1. The predicted octanol–water partition coefficient (Wildman–Crippen LogP) is 3.12. The smallest absolute Gasteiger partial charge is 0.187 e. The molecule has 0 saturated carbocycles. The van der Waals surface area contributed by atoms with Gasteiger partial charge >= 0.3 is 0 Å². The van der Waals surface area contributed by atoms with Crippen molar-refractivity contribution in [2.75, 3.05) is 5.73 Å². The molecule has 1 heterocycles. The molecule has 2 aromatic carbocycles. The van der Waals surface area contributed by atoms with E-state index < -0.39 is 0 Å². The van der Waals surface area contributed by atoms with E-state index in [0.717, 1.165) is 15.6 Å². The van der Waals surface area contributed by atoms with E-state index >= 15 is 0 Å². The topological polar surface area (TPSA) is 69.6 Å². The number of nitrogens with zero attached hydrogens (tertiary/aromatic N) is 4. The Balaban J connectivity index is 2.18. The normalized spacial score (nSPS) is 10.8. The van der Waals surface area contributed by atoms with Crippen molar-refractivity contribution in [2.24, 2.45) is 0 Å². The molecular weight excluding hydrogens is 337 g/mol. The van der Waals surface area contributed by atoms with Gasteiger partial charge in [-0.15, -0.1) is 5.10 Å². The van der Waals surface area contributed by atoms with Gasteiger partial charge in [0.1, 0.15) is 5.82 Å². The molecule has 3 aromatic rings. The molecule has 5 nitrogen and oxygen atoms in total. The molecule has 0 bridgehead atoms. The van der Waals surface area contributed by atoms with Crippen LogP contribution in [0.15, 0.2) is 40.9 Å². The molecule has 0 aliphatic heterocycles. The molecule has 21 heavy (non-hydrogen) atoms. The highest BCUT2D eigenvalue weighted by Gasteiger charge is 2.15. The van der Waals surface area contributed by atoms with Crippen LogP contribution in [0.3, 0.4) is 0 Å². The van der Waals surface area contributed by atoms with E-state index in [1.807, 2.05) is 19.1 Å². The van der Waals surface area contributed by atoms with Crippen molar-refractivity contribution < 1.29 is 4.39 Å². The molecule has 0 spiro atoms. The lowest BCUT2D eigenvalue weighted by Crippen LogP contribution is -2.02. The van der Waals surface area contributed by atoms with E-state index in [9.17, 15) is 4.39 Å². The van der Waals surface area contributed by atoms with Crippen LogP contribution in [0.2, 0.25) is 0 Å². The Labute approximate surface area is 128 Å². The molecule has 0 aliphatic carbocycles. The van der Waals surface area contributed by atoms with Gasteiger partial charge in [0, 0.05) is 15.7 Å². The summed E-state index contributed by atoms with van der Waals surface area (Å²) in [6.45, 7) is 1.90. The molecule has 0 saturated heterocycles. The standard InChI is InChI=1S/C14H11BrFN5/c1-8-12(6-9(15)7-13(8)17)14-18-19-20-21(14)11-4-2-10(16)3-5-11/h2-7H,17H2,1H3. The maximum atomic E-state index is 13.0. The Bertz CT molecular complexity index is 798. The zero-order valence-electron chi connectivity index (χ0n) is 11.1. The van der Waals surface area contributed by atoms with Gasteiger partial charge in [0.05, 0.1) is 5.69 Å². The summed E-state index contributed by atoms with van der Waals surface area (Å²) < 4.78 is 15.4. The van der Waals surface area contributed by atoms with Gasteiger partial charge < -0.3 is 5.73 Å². The highest BCUT2D eigenvalue weighted by Crippen LogP contribution is 2.30. The van der Waals surface area contributed by atoms with Crippen LogP contribution in [0.1, 0.15) is 5.56 Å².